The summed E-state index contributed by atoms with van der Waals surface area (Å²) in [4.78, 5) is 13.2. The second kappa shape index (κ2) is 10.5. The molecule has 1 atom stereocenters. The quantitative estimate of drug-likeness (QED) is 0.309. The first-order valence-corrected chi connectivity index (χ1v) is 12.1. The monoisotopic (exact) mass is 491 g/mol. The van der Waals surface area contributed by atoms with E-state index in [1.807, 2.05) is 24.3 Å². The number of phenols is 1. The topological polar surface area (TPSA) is 49.8 Å². The maximum Gasteiger partial charge on any atom is 0.330 e. The third kappa shape index (κ3) is 4.85. The Morgan fingerprint density at radius 3 is 2.39 bits per heavy atom. The number of rotatable bonds is 7. The lowest BCUT2D eigenvalue weighted by molar-refractivity contribution is -0.134. The van der Waals surface area contributed by atoms with Gasteiger partial charge < -0.3 is 14.7 Å². The minimum Gasteiger partial charge on any atom is -0.508 e. The van der Waals surface area contributed by atoms with E-state index in [1.165, 1.54) is 24.8 Å². The van der Waals surface area contributed by atoms with Gasteiger partial charge in [-0.2, -0.15) is 0 Å². The van der Waals surface area contributed by atoms with E-state index in [0.717, 1.165) is 12.1 Å². The van der Waals surface area contributed by atoms with Gasteiger partial charge >= 0.3 is 5.97 Å². The number of esters is 1. The molecule has 1 N–H and O–H groups in total. The summed E-state index contributed by atoms with van der Waals surface area (Å²) in [6.07, 6.45) is 1.58. The van der Waals surface area contributed by atoms with Crippen molar-refractivity contribution in [3.8, 4) is 5.75 Å². The summed E-state index contributed by atoms with van der Waals surface area (Å²) >= 11 is 0. The number of carbonyl (C=O) groups excluding carboxylic acids is 1. The van der Waals surface area contributed by atoms with Gasteiger partial charge in [0.2, 0.25) is 0 Å². The zero-order chi connectivity index (χ0) is 25.9. The maximum absolute atomic E-state index is 15.4. The number of hydrogen-bond donors (Lipinski definition) is 1. The third-order valence-electron chi connectivity index (χ3n) is 6.70. The number of fused-ring (bicyclic) bond motifs is 1. The Morgan fingerprint density at radius 1 is 1.08 bits per heavy atom. The highest BCUT2D eigenvalue weighted by Gasteiger charge is 2.51. The fourth-order valence-corrected chi connectivity index (χ4v) is 5.08. The molecular formula is C30H31F2NO3. The number of ether oxygens (including phenoxy) is 1. The van der Waals surface area contributed by atoms with E-state index in [0.29, 0.717) is 41.1 Å². The molecule has 1 aliphatic heterocycles. The lowest BCUT2D eigenvalue weighted by Gasteiger charge is -2.49. The average Bonchev–Trinajstić information content (AvgIpc) is 2.86. The molecule has 3 aromatic carbocycles. The number of aromatic hydroxyl groups is 1. The molecule has 0 saturated heterocycles. The zero-order valence-corrected chi connectivity index (χ0v) is 20.7. The van der Waals surface area contributed by atoms with Crippen LogP contribution in [0.15, 0.2) is 72.8 Å². The van der Waals surface area contributed by atoms with E-state index in [9.17, 15) is 9.90 Å². The van der Waals surface area contributed by atoms with Crippen molar-refractivity contribution in [2.45, 2.75) is 38.7 Å². The summed E-state index contributed by atoms with van der Waals surface area (Å²) in [5.74, 6) is 0.0697. The van der Waals surface area contributed by atoms with Crippen LogP contribution in [0.5, 0.6) is 5.75 Å². The SMILES string of the molecule is COC(=O)/C=C/c1ccc(C2(C(F)F)c3ccc(O)cc3CCN2c2ccc(CC(C)C)cc2)cc1. The van der Waals surface area contributed by atoms with Gasteiger partial charge in [0.15, 0.2) is 5.54 Å². The summed E-state index contributed by atoms with van der Waals surface area (Å²) in [6, 6.07) is 19.4. The molecule has 6 heteroatoms. The van der Waals surface area contributed by atoms with E-state index in [4.69, 9.17) is 0 Å². The van der Waals surface area contributed by atoms with Crippen LogP contribution < -0.4 is 4.90 Å². The molecule has 4 nitrogen and oxygen atoms in total. The van der Waals surface area contributed by atoms with Gasteiger partial charge in [-0.25, -0.2) is 13.6 Å². The van der Waals surface area contributed by atoms with Crippen LogP contribution in [-0.2, 0) is 27.9 Å². The number of carbonyl (C=O) groups is 1. The van der Waals surface area contributed by atoms with Gasteiger partial charge in [-0.15, -0.1) is 0 Å². The van der Waals surface area contributed by atoms with Gasteiger partial charge in [-0.05, 0) is 76.9 Å². The number of alkyl halides is 2. The molecule has 0 amide bonds. The van der Waals surface area contributed by atoms with Crippen LogP contribution in [0.1, 0.15) is 41.7 Å². The Balaban J connectivity index is 1.85. The summed E-state index contributed by atoms with van der Waals surface area (Å²) in [5.41, 5.74) is 2.45. The smallest absolute Gasteiger partial charge is 0.330 e. The van der Waals surface area contributed by atoms with Crippen molar-refractivity contribution in [1.82, 2.24) is 0 Å². The molecule has 36 heavy (non-hydrogen) atoms. The van der Waals surface area contributed by atoms with E-state index in [1.54, 1.807) is 47.4 Å². The highest BCUT2D eigenvalue weighted by molar-refractivity contribution is 5.86. The normalized spacial score (nSPS) is 17.6. The van der Waals surface area contributed by atoms with Crippen molar-refractivity contribution in [3.05, 3.63) is 101 Å². The van der Waals surface area contributed by atoms with Crippen molar-refractivity contribution in [2.24, 2.45) is 5.92 Å². The minimum absolute atomic E-state index is 0.0618. The number of anilines is 1. The first-order valence-electron chi connectivity index (χ1n) is 12.1. The van der Waals surface area contributed by atoms with Gasteiger partial charge in [0, 0.05) is 18.3 Å². The van der Waals surface area contributed by atoms with Gasteiger partial charge in [0.05, 0.1) is 7.11 Å². The highest BCUT2D eigenvalue weighted by Crippen LogP contribution is 2.48. The number of halogens is 2. The first kappa shape index (κ1) is 25.4. The molecule has 0 fully saturated rings. The third-order valence-corrected chi connectivity index (χ3v) is 6.70. The Hall–Kier alpha value is -3.67. The number of hydrogen-bond acceptors (Lipinski definition) is 4. The molecule has 3 aromatic rings. The minimum atomic E-state index is -2.76. The number of phenolic OH excluding ortho intramolecular Hbond substituents is 1. The average molecular weight is 492 g/mol. The number of nitrogens with zero attached hydrogens (tertiary/aromatic N) is 1. The molecule has 1 aliphatic rings. The summed E-state index contributed by atoms with van der Waals surface area (Å²) in [7, 11) is 1.30. The molecule has 0 bridgehead atoms. The number of methoxy groups -OCH3 is 1. The predicted molar refractivity (Wildman–Crippen MR) is 138 cm³/mol. The van der Waals surface area contributed by atoms with Gasteiger partial charge in [0.1, 0.15) is 5.75 Å². The van der Waals surface area contributed by atoms with Crippen LogP contribution >= 0.6 is 0 Å². The number of benzene rings is 3. The Bertz CT molecular complexity index is 1240. The second-order valence-electron chi connectivity index (χ2n) is 9.55. The van der Waals surface area contributed by atoms with Crippen molar-refractivity contribution in [1.29, 1.82) is 0 Å². The Morgan fingerprint density at radius 2 is 1.78 bits per heavy atom. The van der Waals surface area contributed by atoms with E-state index in [-0.39, 0.29) is 5.75 Å². The van der Waals surface area contributed by atoms with Crippen molar-refractivity contribution >= 4 is 17.7 Å². The summed E-state index contributed by atoms with van der Waals surface area (Å²) in [6.45, 7) is 4.67. The van der Waals surface area contributed by atoms with Crippen LogP contribution in [0.2, 0.25) is 0 Å². The van der Waals surface area contributed by atoms with E-state index < -0.39 is 17.9 Å². The van der Waals surface area contributed by atoms with Crippen LogP contribution in [0, 0.1) is 5.92 Å². The van der Waals surface area contributed by atoms with Gasteiger partial charge in [0.25, 0.3) is 6.43 Å². The standard InChI is InChI=1S/C30H31F2NO3/c1-20(2)18-22-6-11-25(12-7-22)33-17-16-23-19-26(34)13-14-27(23)30(33,29(31)32)24-9-4-21(5-10-24)8-15-28(35)36-3/h4-15,19-20,29,34H,16-18H2,1-3H3/b15-8+. The molecule has 1 unspecified atom stereocenters. The van der Waals surface area contributed by atoms with Gasteiger partial charge in [-0.1, -0.05) is 56.3 Å². The van der Waals surface area contributed by atoms with Crippen molar-refractivity contribution < 1.29 is 23.4 Å². The first-order chi connectivity index (χ1) is 17.2. The lowest BCUT2D eigenvalue weighted by Crippen LogP contribution is -2.56. The Kier molecular flexibility index (Phi) is 7.43. The van der Waals surface area contributed by atoms with Crippen LogP contribution in [0.4, 0.5) is 14.5 Å². The fraction of sp³-hybridized carbons (Fsp3) is 0.300. The zero-order valence-electron chi connectivity index (χ0n) is 20.7. The largest absolute Gasteiger partial charge is 0.508 e. The Labute approximate surface area is 210 Å². The molecule has 0 radical (unpaired) electrons. The molecule has 1 heterocycles. The molecule has 0 saturated carbocycles. The van der Waals surface area contributed by atoms with Crippen molar-refractivity contribution in [3.63, 3.8) is 0 Å². The van der Waals surface area contributed by atoms with Crippen LogP contribution in [0.3, 0.4) is 0 Å². The lowest BCUT2D eigenvalue weighted by atomic mass is 9.75. The highest BCUT2D eigenvalue weighted by atomic mass is 19.3. The molecule has 4 rings (SSSR count). The predicted octanol–water partition coefficient (Wildman–Crippen LogP) is 6.35. The van der Waals surface area contributed by atoms with E-state index in [2.05, 4.69) is 18.6 Å². The molecule has 0 aliphatic carbocycles. The second-order valence-corrected chi connectivity index (χ2v) is 9.55. The molecule has 188 valence electrons. The maximum atomic E-state index is 15.4. The summed E-state index contributed by atoms with van der Waals surface area (Å²) < 4.78 is 35.5. The van der Waals surface area contributed by atoms with Crippen LogP contribution in [0.25, 0.3) is 6.08 Å². The summed E-state index contributed by atoms with van der Waals surface area (Å²) in [5, 5.41) is 10.1. The molecule has 0 aromatic heterocycles. The molecular weight excluding hydrogens is 460 g/mol. The molecule has 0 spiro atoms. The van der Waals surface area contributed by atoms with Crippen molar-refractivity contribution in [2.75, 3.05) is 18.6 Å². The van der Waals surface area contributed by atoms with Gasteiger partial charge in [-0.3, -0.25) is 0 Å². The van der Waals surface area contributed by atoms with E-state index >= 15 is 8.78 Å². The fourth-order valence-electron chi connectivity index (χ4n) is 5.08. The van der Waals surface area contributed by atoms with Crippen LogP contribution in [-0.4, -0.2) is 31.2 Å².